The van der Waals surface area contributed by atoms with Crippen molar-refractivity contribution in [2.75, 3.05) is 39.3 Å². The molecule has 3 amide bonds. The Morgan fingerprint density at radius 3 is 2.44 bits per heavy atom. The summed E-state index contributed by atoms with van der Waals surface area (Å²) in [6.45, 7) is 8.81. The van der Waals surface area contributed by atoms with E-state index in [1.54, 1.807) is 11.0 Å². The molecule has 0 aliphatic carbocycles. The van der Waals surface area contributed by atoms with E-state index in [1.165, 1.54) is 12.4 Å². The molecule has 3 heterocycles. The summed E-state index contributed by atoms with van der Waals surface area (Å²) in [7, 11) is 0. The summed E-state index contributed by atoms with van der Waals surface area (Å²) in [6.07, 6.45) is 3.31. The van der Waals surface area contributed by atoms with Crippen molar-refractivity contribution in [3.05, 3.63) is 24.0 Å². The largest absolute Gasteiger partial charge is 0.342 e. The van der Waals surface area contributed by atoms with E-state index in [4.69, 9.17) is 0 Å². The van der Waals surface area contributed by atoms with Gasteiger partial charge in [0.2, 0.25) is 11.8 Å². The molecule has 2 fully saturated rings. The Bertz CT molecular complexity index is 723. The first-order valence-electron chi connectivity index (χ1n) is 9.48. The molecule has 3 rings (SSSR count). The maximum atomic E-state index is 13.0. The summed E-state index contributed by atoms with van der Waals surface area (Å²) >= 11 is 0. The lowest BCUT2D eigenvalue weighted by atomic mass is 9.85. The number of hydrogen-bond acceptors (Lipinski definition) is 5. The van der Waals surface area contributed by atoms with Crippen LogP contribution in [0, 0.1) is 11.3 Å². The minimum atomic E-state index is -0.426. The van der Waals surface area contributed by atoms with Gasteiger partial charge in [-0.25, -0.2) is 0 Å². The van der Waals surface area contributed by atoms with E-state index >= 15 is 0 Å². The van der Waals surface area contributed by atoms with Gasteiger partial charge >= 0.3 is 0 Å². The molecule has 8 nitrogen and oxygen atoms in total. The quantitative estimate of drug-likeness (QED) is 0.777. The number of likely N-dealkylation sites (tertiary alicyclic amines) is 1. The lowest BCUT2D eigenvalue weighted by Gasteiger charge is -2.34. The van der Waals surface area contributed by atoms with Crippen molar-refractivity contribution in [3.63, 3.8) is 0 Å². The maximum Gasteiger partial charge on any atom is 0.255 e. The third-order valence-electron chi connectivity index (χ3n) is 5.40. The molecule has 27 heavy (non-hydrogen) atoms. The Hall–Kier alpha value is -2.51. The number of hydrogen-bond donors (Lipinski definition) is 0. The van der Waals surface area contributed by atoms with Crippen LogP contribution in [0.4, 0.5) is 0 Å². The highest BCUT2D eigenvalue weighted by Gasteiger charge is 2.47. The van der Waals surface area contributed by atoms with E-state index < -0.39 is 5.41 Å². The second-order valence-electron chi connectivity index (χ2n) is 7.86. The molecule has 1 atom stereocenters. The molecule has 0 saturated carbocycles. The smallest absolute Gasteiger partial charge is 0.255 e. The molecule has 146 valence electrons. The second kappa shape index (κ2) is 7.62. The van der Waals surface area contributed by atoms with E-state index in [0.717, 1.165) is 0 Å². The fourth-order valence-corrected chi connectivity index (χ4v) is 4.07. The van der Waals surface area contributed by atoms with Crippen LogP contribution in [0.15, 0.2) is 18.5 Å². The van der Waals surface area contributed by atoms with Crippen molar-refractivity contribution in [2.24, 2.45) is 11.3 Å². The molecule has 1 aromatic heterocycles. The first-order chi connectivity index (χ1) is 12.8. The summed E-state index contributed by atoms with van der Waals surface area (Å²) in [5.74, 6) is -0.0930. The highest BCUT2D eigenvalue weighted by molar-refractivity contribution is 5.94. The summed E-state index contributed by atoms with van der Waals surface area (Å²) in [6, 6.07) is 1.64. The summed E-state index contributed by atoms with van der Waals surface area (Å²) in [4.78, 5) is 43.5. The molecule has 0 bridgehead atoms. The lowest BCUT2D eigenvalue weighted by Crippen LogP contribution is -2.46. The van der Waals surface area contributed by atoms with Crippen LogP contribution in [0.25, 0.3) is 0 Å². The molecule has 2 saturated heterocycles. The lowest BCUT2D eigenvalue weighted by molar-refractivity contribution is -0.135. The zero-order valence-electron chi connectivity index (χ0n) is 16.2. The van der Waals surface area contributed by atoms with Crippen molar-refractivity contribution >= 4 is 17.7 Å². The van der Waals surface area contributed by atoms with Gasteiger partial charge < -0.3 is 14.7 Å². The normalized spacial score (nSPS) is 23.3. The van der Waals surface area contributed by atoms with Gasteiger partial charge in [-0.05, 0) is 13.0 Å². The molecule has 2 aliphatic heterocycles. The van der Waals surface area contributed by atoms with Crippen molar-refractivity contribution < 1.29 is 14.4 Å². The highest BCUT2D eigenvalue weighted by Crippen LogP contribution is 2.35. The summed E-state index contributed by atoms with van der Waals surface area (Å²) in [5.41, 5.74) is 0.0463. The third kappa shape index (κ3) is 3.94. The van der Waals surface area contributed by atoms with Crippen molar-refractivity contribution in [3.8, 4) is 0 Å². The van der Waals surface area contributed by atoms with Crippen LogP contribution in [0.2, 0.25) is 0 Å². The van der Waals surface area contributed by atoms with Gasteiger partial charge in [-0.2, -0.15) is 10.2 Å². The van der Waals surface area contributed by atoms with Gasteiger partial charge in [0.15, 0.2) is 0 Å². The Balaban J connectivity index is 1.89. The first kappa shape index (κ1) is 19.3. The number of carbonyl (C=O) groups is 3. The predicted molar refractivity (Wildman–Crippen MR) is 98.7 cm³/mol. The number of nitrogens with zero attached hydrogens (tertiary/aromatic N) is 5. The molecule has 2 aliphatic rings. The molecule has 0 N–H and O–H groups in total. The van der Waals surface area contributed by atoms with E-state index in [2.05, 4.69) is 10.2 Å². The molecule has 1 spiro atoms. The number of aromatic nitrogens is 2. The monoisotopic (exact) mass is 373 g/mol. The minimum Gasteiger partial charge on any atom is -0.342 e. The topological polar surface area (TPSA) is 86.7 Å². The van der Waals surface area contributed by atoms with E-state index in [0.29, 0.717) is 51.3 Å². The fourth-order valence-electron chi connectivity index (χ4n) is 4.07. The van der Waals surface area contributed by atoms with E-state index in [-0.39, 0.29) is 23.6 Å². The fraction of sp³-hybridized carbons (Fsp3) is 0.632. The average molecular weight is 373 g/mol. The minimum absolute atomic E-state index is 0.0663. The maximum absolute atomic E-state index is 13.0. The van der Waals surface area contributed by atoms with E-state index in [1.807, 2.05) is 30.6 Å². The Kier molecular flexibility index (Phi) is 5.43. The third-order valence-corrected chi connectivity index (χ3v) is 5.40. The molecule has 1 unspecified atom stereocenters. The van der Waals surface area contributed by atoms with E-state index in [9.17, 15) is 14.4 Å². The predicted octanol–water partition coefficient (Wildman–Crippen LogP) is 0.656. The number of rotatable bonds is 3. The molecule has 0 aromatic carbocycles. The molecule has 8 heteroatoms. The van der Waals surface area contributed by atoms with Crippen molar-refractivity contribution in [2.45, 2.75) is 27.2 Å². The van der Waals surface area contributed by atoms with Crippen LogP contribution >= 0.6 is 0 Å². The molecule has 1 aromatic rings. The standard InChI is InChI=1S/C19H27N5O3/c1-4-22-11-19(9-16(22)25)12-23(17(26)14(2)3)7-8-24(13-19)18(27)15-5-6-20-21-10-15/h5-6,10,14H,4,7-9,11-13H2,1-3H3. The molecular weight excluding hydrogens is 346 g/mol. The van der Waals surface area contributed by atoms with Crippen LogP contribution in [-0.4, -0.2) is 81.9 Å². The van der Waals surface area contributed by atoms with Crippen LogP contribution < -0.4 is 0 Å². The van der Waals surface area contributed by atoms with Gasteiger partial charge in [-0.3, -0.25) is 14.4 Å². The Morgan fingerprint density at radius 2 is 1.85 bits per heavy atom. The summed E-state index contributed by atoms with van der Waals surface area (Å²) < 4.78 is 0. The van der Waals surface area contributed by atoms with Crippen LogP contribution in [0.5, 0.6) is 0 Å². The van der Waals surface area contributed by atoms with Crippen LogP contribution in [0.1, 0.15) is 37.6 Å². The molecule has 0 radical (unpaired) electrons. The second-order valence-corrected chi connectivity index (χ2v) is 7.86. The average Bonchev–Trinajstić information content (AvgIpc) is 2.86. The van der Waals surface area contributed by atoms with Crippen molar-refractivity contribution in [1.29, 1.82) is 0 Å². The van der Waals surface area contributed by atoms with Gasteiger partial charge in [0.1, 0.15) is 0 Å². The Labute approximate surface area is 159 Å². The van der Waals surface area contributed by atoms with Crippen LogP contribution in [0.3, 0.4) is 0 Å². The van der Waals surface area contributed by atoms with Gasteiger partial charge in [0, 0.05) is 57.0 Å². The van der Waals surface area contributed by atoms with Gasteiger partial charge in [0.05, 0.1) is 18.0 Å². The van der Waals surface area contributed by atoms with Crippen molar-refractivity contribution in [1.82, 2.24) is 24.9 Å². The van der Waals surface area contributed by atoms with Crippen LogP contribution in [-0.2, 0) is 9.59 Å². The highest BCUT2D eigenvalue weighted by atomic mass is 16.2. The zero-order valence-corrected chi connectivity index (χ0v) is 16.2. The zero-order chi connectivity index (χ0) is 19.6. The summed E-state index contributed by atoms with van der Waals surface area (Å²) in [5, 5.41) is 7.52. The SMILES string of the molecule is CCN1CC2(CC1=O)CN(C(=O)c1ccnnc1)CCN(C(=O)C(C)C)C2. The Morgan fingerprint density at radius 1 is 1.15 bits per heavy atom. The number of carbonyl (C=O) groups excluding carboxylic acids is 3. The molecular formula is C19H27N5O3. The van der Waals surface area contributed by atoms with Gasteiger partial charge in [0.25, 0.3) is 5.91 Å². The first-order valence-corrected chi connectivity index (χ1v) is 9.48. The number of amides is 3. The van der Waals surface area contributed by atoms with Gasteiger partial charge in [-0.15, -0.1) is 0 Å². The van der Waals surface area contributed by atoms with Gasteiger partial charge in [-0.1, -0.05) is 13.8 Å².